The van der Waals surface area contributed by atoms with Crippen LogP contribution in [0.5, 0.6) is 0 Å². The molecule has 0 fully saturated rings. The minimum Gasteiger partial charge on any atom is -0.381 e. The van der Waals surface area contributed by atoms with Crippen molar-refractivity contribution in [3.63, 3.8) is 0 Å². The van der Waals surface area contributed by atoms with Crippen molar-refractivity contribution in [2.45, 2.75) is 13.8 Å². The highest BCUT2D eigenvalue weighted by molar-refractivity contribution is 5.87. The van der Waals surface area contributed by atoms with Crippen LogP contribution in [-0.2, 0) is 4.79 Å². The molecule has 9 heavy (non-hydrogen) atoms. The molecule has 0 heterocycles. The van der Waals surface area contributed by atoms with Gasteiger partial charge in [-0.15, -0.1) is 0 Å². The second kappa shape index (κ2) is 4.13. The van der Waals surface area contributed by atoms with Gasteiger partial charge in [0.05, 0.1) is 0 Å². The molecule has 0 rings (SSSR count). The smallest absolute Gasteiger partial charge is 0.154 e. The van der Waals surface area contributed by atoms with Crippen molar-refractivity contribution in [3.8, 4) is 0 Å². The second-order valence-electron chi connectivity index (χ2n) is 2.00. The largest absolute Gasteiger partial charge is 0.381 e. The Hall–Kier alpha value is -0.790. The Morgan fingerprint density at radius 3 is 2.56 bits per heavy atom. The van der Waals surface area contributed by atoms with Crippen molar-refractivity contribution in [1.29, 1.82) is 0 Å². The first-order valence-electron chi connectivity index (χ1n) is 3.05. The molecule has 2 nitrogen and oxygen atoms in total. The number of allylic oxidation sites excluding steroid dienone is 1. The summed E-state index contributed by atoms with van der Waals surface area (Å²) in [5, 5.41) is 0. The van der Waals surface area contributed by atoms with Crippen LogP contribution in [0.15, 0.2) is 12.3 Å². The van der Waals surface area contributed by atoms with Gasteiger partial charge in [0.25, 0.3) is 0 Å². The molecule has 0 aromatic heterocycles. The summed E-state index contributed by atoms with van der Waals surface area (Å²) < 4.78 is 0. The van der Waals surface area contributed by atoms with Gasteiger partial charge in [-0.2, -0.15) is 0 Å². The first-order valence-corrected chi connectivity index (χ1v) is 3.05. The van der Waals surface area contributed by atoms with Crippen molar-refractivity contribution in [3.05, 3.63) is 12.3 Å². The van der Waals surface area contributed by atoms with Crippen LogP contribution in [-0.4, -0.2) is 24.3 Å². The fourth-order valence-corrected chi connectivity index (χ4v) is 0.338. The van der Waals surface area contributed by atoms with Gasteiger partial charge in [-0.3, -0.25) is 4.79 Å². The number of ketones is 1. The summed E-state index contributed by atoms with van der Waals surface area (Å²) in [5.74, 6) is 0.0929. The zero-order valence-corrected chi connectivity index (χ0v) is 6.22. The Bertz CT molecular complexity index is 118. The lowest BCUT2D eigenvalue weighted by atomic mass is 10.4. The van der Waals surface area contributed by atoms with Crippen molar-refractivity contribution in [2.24, 2.45) is 0 Å². The van der Waals surface area contributed by atoms with Crippen LogP contribution in [0.3, 0.4) is 0 Å². The number of hydrogen-bond donors (Lipinski definition) is 0. The molecule has 0 saturated heterocycles. The van der Waals surface area contributed by atoms with E-state index in [9.17, 15) is 4.79 Å². The Morgan fingerprint density at radius 2 is 2.22 bits per heavy atom. The van der Waals surface area contributed by atoms with Crippen LogP contribution in [0.1, 0.15) is 13.8 Å². The molecule has 52 valence electrons. The molecule has 0 aliphatic heterocycles. The predicted molar refractivity (Wildman–Crippen MR) is 38.1 cm³/mol. The Morgan fingerprint density at radius 1 is 1.67 bits per heavy atom. The first kappa shape index (κ1) is 8.21. The van der Waals surface area contributed by atoms with Gasteiger partial charge >= 0.3 is 0 Å². The fourth-order valence-electron chi connectivity index (χ4n) is 0.338. The Labute approximate surface area is 56.2 Å². The van der Waals surface area contributed by atoms with Gasteiger partial charge in [-0.1, -0.05) is 0 Å². The van der Waals surface area contributed by atoms with E-state index in [1.54, 1.807) is 19.2 Å². The van der Waals surface area contributed by atoms with Gasteiger partial charge in [0.15, 0.2) is 5.78 Å². The van der Waals surface area contributed by atoms with E-state index < -0.39 is 0 Å². The first-order chi connectivity index (χ1) is 4.16. The number of carbonyl (C=O) groups is 1. The number of rotatable bonds is 3. The monoisotopic (exact) mass is 127 g/mol. The Balaban J connectivity index is 3.56. The molecule has 0 aromatic carbocycles. The van der Waals surface area contributed by atoms with Gasteiger partial charge < -0.3 is 4.90 Å². The maximum Gasteiger partial charge on any atom is 0.154 e. The van der Waals surface area contributed by atoms with Gasteiger partial charge in [0.2, 0.25) is 0 Å². The molecule has 0 unspecified atom stereocenters. The standard InChI is InChI=1S/C7H13NO/c1-4-8(3)6-5-7(2)9/h5-6H,4H2,1-3H3/b6-5+. The molecule has 0 bridgehead atoms. The van der Waals surface area contributed by atoms with Crippen molar-refractivity contribution >= 4 is 5.78 Å². The number of hydrogen-bond acceptors (Lipinski definition) is 2. The second-order valence-corrected chi connectivity index (χ2v) is 2.00. The van der Waals surface area contributed by atoms with Crippen LogP contribution in [0.25, 0.3) is 0 Å². The molecule has 0 aliphatic carbocycles. The van der Waals surface area contributed by atoms with Gasteiger partial charge in [-0.25, -0.2) is 0 Å². The van der Waals surface area contributed by atoms with Crippen LogP contribution in [0.2, 0.25) is 0 Å². The van der Waals surface area contributed by atoms with Crippen molar-refractivity contribution < 1.29 is 4.79 Å². The zero-order valence-electron chi connectivity index (χ0n) is 6.22. The zero-order chi connectivity index (χ0) is 7.28. The maximum absolute atomic E-state index is 10.4. The van der Waals surface area contributed by atoms with E-state index >= 15 is 0 Å². The summed E-state index contributed by atoms with van der Waals surface area (Å²) in [6.07, 6.45) is 3.34. The molecule has 0 atom stereocenters. The third-order valence-electron chi connectivity index (χ3n) is 1.06. The summed E-state index contributed by atoms with van der Waals surface area (Å²) in [6.45, 7) is 4.51. The third-order valence-corrected chi connectivity index (χ3v) is 1.06. The van der Waals surface area contributed by atoms with E-state index in [-0.39, 0.29) is 5.78 Å². The van der Waals surface area contributed by atoms with Crippen LogP contribution < -0.4 is 0 Å². The summed E-state index contributed by atoms with van der Waals surface area (Å²) in [6, 6.07) is 0. The lowest BCUT2D eigenvalue weighted by molar-refractivity contribution is -0.112. The average molecular weight is 127 g/mol. The topological polar surface area (TPSA) is 20.3 Å². The normalized spacial score (nSPS) is 10.1. The summed E-state index contributed by atoms with van der Waals surface area (Å²) in [4.78, 5) is 12.3. The van der Waals surface area contributed by atoms with E-state index in [0.29, 0.717) is 0 Å². The van der Waals surface area contributed by atoms with Gasteiger partial charge in [0, 0.05) is 19.8 Å². The molecule has 0 aliphatic rings. The molecule has 0 N–H and O–H groups in total. The van der Waals surface area contributed by atoms with Crippen LogP contribution in [0.4, 0.5) is 0 Å². The molecular weight excluding hydrogens is 114 g/mol. The number of carbonyl (C=O) groups excluding carboxylic acids is 1. The summed E-state index contributed by atoms with van der Waals surface area (Å²) >= 11 is 0. The van der Waals surface area contributed by atoms with Crippen LogP contribution >= 0.6 is 0 Å². The van der Waals surface area contributed by atoms with Crippen molar-refractivity contribution in [1.82, 2.24) is 4.90 Å². The highest BCUT2D eigenvalue weighted by atomic mass is 16.1. The summed E-state index contributed by atoms with van der Waals surface area (Å²) in [7, 11) is 1.93. The van der Waals surface area contributed by atoms with E-state index in [1.165, 1.54) is 0 Å². The molecule has 0 saturated carbocycles. The SMILES string of the molecule is CCN(C)/C=C/C(C)=O. The lowest BCUT2D eigenvalue weighted by Crippen LogP contribution is -2.08. The van der Waals surface area contributed by atoms with E-state index in [4.69, 9.17) is 0 Å². The van der Waals surface area contributed by atoms with E-state index in [2.05, 4.69) is 0 Å². The number of nitrogens with zero attached hydrogens (tertiary/aromatic N) is 1. The van der Waals surface area contributed by atoms with Gasteiger partial charge in [-0.05, 0) is 19.9 Å². The lowest BCUT2D eigenvalue weighted by Gasteiger charge is -2.07. The van der Waals surface area contributed by atoms with Gasteiger partial charge in [0.1, 0.15) is 0 Å². The molecule has 0 radical (unpaired) electrons. The van der Waals surface area contributed by atoms with Crippen LogP contribution in [0, 0.1) is 0 Å². The quantitative estimate of drug-likeness (QED) is 0.528. The predicted octanol–water partition coefficient (Wildman–Crippen LogP) is 1.04. The van der Waals surface area contributed by atoms with Crippen molar-refractivity contribution in [2.75, 3.05) is 13.6 Å². The summed E-state index contributed by atoms with van der Waals surface area (Å²) in [5.41, 5.74) is 0. The highest BCUT2D eigenvalue weighted by Crippen LogP contribution is 1.82. The average Bonchev–Trinajstić information content (AvgIpc) is 1.83. The maximum atomic E-state index is 10.4. The fraction of sp³-hybridized carbons (Fsp3) is 0.571. The van der Waals surface area contributed by atoms with E-state index in [1.807, 2.05) is 18.9 Å². The third kappa shape index (κ3) is 5.07. The Kier molecular flexibility index (Phi) is 3.76. The molecule has 0 amide bonds. The van der Waals surface area contributed by atoms with E-state index in [0.717, 1.165) is 6.54 Å². The highest BCUT2D eigenvalue weighted by Gasteiger charge is 1.84. The molecular formula is C7H13NO. The molecule has 2 heteroatoms. The minimum atomic E-state index is 0.0929. The minimum absolute atomic E-state index is 0.0929. The molecule has 0 spiro atoms. The molecule has 0 aromatic rings.